The van der Waals surface area contributed by atoms with Crippen LogP contribution in [0.5, 0.6) is 0 Å². The molecule has 0 unspecified atom stereocenters. The van der Waals surface area contributed by atoms with Gasteiger partial charge in [0.1, 0.15) is 5.82 Å². The van der Waals surface area contributed by atoms with Gasteiger partial charge in [-0.2, -0.15) is 9.67 Å². The standard InChI is InChI=1S/C24H20FN5O2/c1-2-16-8-10-17(11-9-16)22(32)27-24-28-23(29-30(24)20-6-4-3-5-7-20)26-21(31)18-12-14-19(25)15-13-18/h3-15H,2H2,1H3,(H2,26,27,28,29,31,32). The maximum atomic E-state index is 13.1. The molecule has 160 valence electrons. The number of nitrogens with zero attached hydrogens (tertiary/aromatic N) is 3. The molecule has 0 fully saturated rings. The van der Waals surface area contributed by atoms with Gasteiger partial charge in [-0.15, -0.1) is 5.10 Å². The number of hydrogen-bond acceptors (Lipinski definition) is 4. The Morgan fingerprint density at radius 3 is 2.06 bits per heavy atom. The minimum absolute atomic E-state index is 0.000177. The summed E-state index contributed by atoms with van der Waals surface area (Å²) in [5.41, 5.74) is 2.50. The molecule has 0 atom stereocenters. The highest BCUT2D eigenvalue weighted by atomic mass is 19.1. The molecular weight excluding hydrogens is 409 g/mol. The molecule has 0 aliphatic heterocycles. The molecule has 1 heterocycles. The van der Waals surface area contributed by atoms with Crippen molar-refractivity contribution in [1.82, 2.24) is 14.8 Å². The molecule has 3 aromatic carbocycles. The van der Waals surface area contributed by atoms with E-state index in [1.54, 1.807) is 24.3 Å². The van der Waals surface area contributed by atoms with E-state index < -0.39 is 11.7 Å². The number of para-hydroxylation sites is 1. The fraction of sp³-hybridized carbons (Fsp3) is 0.0833. The highest BCUT2D eigenvalue weighted by molar-refractivity contribution is 6.05. The van der Waals surface area contributed by atoms with Gasteiger partial charge in [0.2, 0.25) is 5.95 Å². The molecule has 0 radical (unpaired) electrons. The van der Waals surface area contributed by atoms with Crippen molar-refractivity contribution in [1.29, 1.82) is 0 Å². The normalized spacial score (nSPS) is 10.6. The van der Waals surface area contributed by atoms with Gasteiger partial charge in [0.05, 0.1) is 5.69 Å². The maximum Gasteiger partial charge on any atom is 0.258 e. The average molecular weight is 429 g/mol. The van der Waals surface area contributed by atoms with Gasteiger partial charge in [-0.1, -0.05) is 37.3 Å². The molecule has 0 bridgehead atoms. The lowest BCUT2D eigenvalue weighted by atomic mass is 10.1. The molecule has 8 heteroatoms. The summed E-state index contributed by atoms with van der Waals surface area (Å²) in [6.07, 6.45) is 0.876. The molecule has 0 saturated carbocycles. The van der Waals surface area contributed by atoms with Gasteiger partial charge in [-0.25, -0.2) is 4.39 Å². The Hall–Kier alpha value is -4.33. The predicted molar refractivity (Wildman–Crippen MR) is 119 cm³/mol. The minimum Gasteiger partial charge on any atom is -0.290 e. The lowest BCUT2D eigenvalue weighted by Gasteiger charge is -2.07. The van der Waals surface area contributed by atoms with Gasteiger partial charge in [0, 0.05) is 11.1 Å². The van der Waals surface area contributed by atoms with E-state index in [1.165, 1.54) is 28.9 Å². The van der Waals surface area contributed by atoms with Crippen molar-refractivity contribution in [3.05, 3.63) is 101 Å². The smallest absolute Gasteiger partial charge is 0.258 e. The molecule has 2 amide bonds. The van der Waals surface area contributed by atoms with Crippen LogP contribution in [-0.4, -0.2) is 26.6 Å². The molecular formula is C24H20FN5O2. The van der Waals surface area contributed by atoms with Crippen LogP contribution in [0.25, 0.3) is 5.69 Å². The van der Waals surface area contributed by atoms with Crippen LogP contribution in [0.15, 0.2) is 78.9 Å². The first-order valence-corrected chi connectivity index (χ1v) is 10.0. The number of hydrogen-bond donors (Lipinski definition) is 2. The second-order valence-electron chi connectivity index (χ2n) is 6.97. The number of rotatable bonds is 6. The molecule has 1 aromatic heterocycles. The van der Waals surface area contributed by atoms with E-state index in [1.807, 2.05) is 37.3 Å². The molecule has 0 spiro atoms. The molecule has 4 aromatic rings. The number of nitrogens with one attached hydrogen (secondary N) is 2. The first-order valence-electron chi connectivity index (χ1n) is 10.0. The zero-order chi connectivity index (χ0) is 22.5. The third-order valence-corrected chi connectivity index (χ3v) is 4.79. The van der Waals surface area contributed by atoms with Crippen molar-refractivity contribution >= 4 is 23.7 Å². The highest BCUT2D eigenvalue weighted by Gasteiger charge is 2.17. The number of amides is 2. The van der Waals surface area contributed by atoms with E-state index in [2.05, 4.69) is 20.7 Å². The summed E-state index contributed by atoms with van der Waals surface area (Å²) in [4.78, 5) is 29.5. The highest BCUT2D eigenvalue weighted by Crippen LogP contribution is 2.18. The van der Waals surface area contributed by atoms with E-state index >= 15 is 0 Å². The summed E-state index contributed by atoms with van der Waals surface area (Å²) in [6.45, 7) is 2.04. The van der Waals surface area contributed by atoms with Crippen molar-refractivity contribution < 1.29 is 14.0 Å². The number of aryl methyl sites for hydroxylation is 1. The Morgan fingerprint density at radius 2 is 1.44 bits per heavy atom. The Bertz CT molecular complexity index is 1240. The Labute approximate surface area is 183 Å². The second-order valence-corrected chi connectivity index (χ2v) is 6.97. The zero-order valence-electron chi connectivity index (χ0n) is 17.2. The molecule has 0 saturated heterocycles. The molecule has 0 aliphatic rings. The van der Waals surface area contributed by atoms with E-state index in [0.717, 1.165) is 12.0 Å². The lowest BCUT2D eigenvalue weighted by molar-refractivity contribution is 0.101. The SMILES string of the molecule is CCc1ccc(C(=O)Nc2nc(NC(=O)c3ccc(F)cc3)nn2-c2ccccc2)cc1. The predicted octanol–water partition coefficient (Wildman–Crippen LogP) is 4.47. The van der Waals surface area contributed by atoms with Crippen LogP contribution in [0.2, 0.25) is 0 Å². The van der Waals surface area contributed by atoms with E-state index in [-0.39, 0.29) is 23.4 Å². The van der Waals surface area contributed by atoms with Crippen LogP contribution < -0.4 is 10.6 Å². The third-order valence-electron chi connectivity index (χ3n) is 4.79. The van der Waals surface area contributed by atoms with Crippen LogP contribution in [0, 0.1) is 5.82 Å². The monoisotopic (exact) mass is 429 g/mol. The van der Waals surface area contributed by atoms with Gasteiger partial charge in [0.15, 0.2) is 0 Å². The van der Waals surface area contributed by atoms with Crippen LogP contribution >= 0.6 is 0 Å². The lowest BCUT2D eigenvalue weighted by Crippen LogP contribution is -2.16. The second kappa shape index (κ2) is 9.22. The zero-order valence-corrected chi connectivity index (χ0v) is 17.2. The largest absolute Gasteiger partial charge is 0.290 e. The van der Waals surface area contributed by atoms with Gasteiger partial charge in [-0.3, -0.25) is 20.2 Å². The number of aromatic nitrogens is 3. The summed E-state index contributed by atoms with van der Waals surface area (Å²) in [6, 6.07) is 21.5. The van der Waals surface area contributed by atoms with Crippen molar-refractivity contribution in [2.45, 2.75) is 13.3 Å². The number of halogens is 1. The van der Waals surface area contributed by atoms with Crippen molar-refractivity contribution in [3.63, 3.8) is 0 Å². The summed E-state index contributed by atoms with van der Waals surface area (Å²) in [5, 5.41) is 9.66. The van der Waals surface area contributed by atoms with E-state index in [0.29, 0.717) is 11.3 Å². The summed E-state index contributed by atoms with van der Waals surface area (Å²) < 4.78 is 14.6. The fourth-order valence-corrected chi connectivity index (χ4v) is 3.04. The Balaban J connectivity index is 1.61. The van der Waals surface area contributed by atoms with E-state index in [9.17, 15) is 14.0 Å². The molecule has 4 rings (SSSR count). The summed E-state index contributed by atoms with van der Waals surface area (Å²) in [5.74, 6) is -1.14. The van der Waals surface area contributed by atoms with Gasteiger partial charge in [-0.05, 0) is 60.5 Å². The van der Waals surface area contributed by atoms with Crippen molar-refractivity contribution in [2.75, 3.05) is 10.6 Å². The molecule has 32 heavy (non-hydrogen) atoms. The number of carbonyl (C=O) groups is 2. The summed E-state index contributed by atoms with van der Waals surface area (Å²) >= 11 is 0. The van der Waals surface area contributed by atoms with Crippen molar-refractivity contribution in [2.24, 2.45) is 0 Å². The first-order chi connectivity index (χ1) is 15.5. The maximum absolute atomic E-state index is 13.1. The topological polar surface area (TPSA) is 88.9 Å². The van der Waals surface area contributed by atoms with Crippen LogP contribution in [0.4, 0.5) is 16.3 Å². The number of carbonyl (C=O) groups excluding carboxylic acids is 2. The molecule has 7 nitrogen and oxygen atoms in total. The number of anilines is 2. The molecule has 2 N–H and O–H groups in total. The van der Waals surface area contributed by atoms with Crippen molar-refractivity contribution in [3.8, 4) is 5.69 Å². The fourth-order valence-electron chi connectivity index (χ4n) is 3.04. The third kappa shape index (κ3) is 4.70. The van der Waals surface area contributed by atoms with Gasteiger partial charge < -0.3 is 0 Å². The quantitative estimate of drug-likeness (QED) is 0.473. The minimum atomic E-state index is -0.497. The Morgan fingerprint density at radius 1 is 0.844 bits per heavy atom. The Kier molecular flexibility index (Phi) is 6.03. The number of benzene rings is 3. The molecule has 0 aliphatic carbocycles. The summed E-state index contributed by atoms with van der Waals surface area (Å²) in [7, 11) is 0. The van der Waals surface area contributed by atoms with Crippen LogP contribution in [0.3, 0.4) is 0 Å². The first kappa shape index (κ1) is 20.9. The van der Waals surface area contributed by atoms with Crippen LogP contribution in [0.1, 0.15) is 33.2 Å². The van der Waals surface area contributed by atoms with E-state index in [4.69, 9.17) is 0 Å². The van der Waals surface area contributed by atoms with Gasteiger partial charge in [0.25, 0.3) is 17.8 Å². The average Bonchev–Trinajstić information content (AvgIpc) is 3.22. The van der Waals surface area contributed by atoms with Gasteiger partial charge >= 0.3 is 0 Å². The van der Waals surface area contributed by atoms with Crippen LogP contribution in [-0.2, 0) is 6.42 Å².